The summed E-state index contributed by atoms with van der Waals surface area (Å²) >= 11 is 0. The molecule has 1 atom stereocenters. The average Bonchev–Trinajstić information content (AvgIpc) is 2.84. The van der Waals surface area contributed by atoms with E-state index in [4.69, 9.17) is 9.97 Å². The summed E-state index contributed by atoms with van der Waals surface area (Å²) in [6.07, 6.45) is 3.62. The van der Waals surface area contributed by atoms with Crippen LogP contribution in [0.5, 0.6) is 0 Å². The Hall–Kier alpha value is -3.04. The molecule has 0 spiro atoms. The minimum atomic E-state index is -3.66. The molecule has 1 fully saturated rings. The van der Waals surface area contributed by atoms with E-state index in [-0.39, 0.29) is 16.9 Å². The third-order valence-electron chi connectivity index (χ3n) is 7.25. The van der Waals surface area contributed by atoms with Gasteiger partial charge in [0, 0.05) is 49.9 Å². The number of piperazine rings is 1. The Morgan fingerprint density at radius 1 is 1.13 bits per heavy atom. The SMILES string of the molecule is Cc1nc(N2CCN(c3ccc(F)c(S(C)(=O)=O)c3)C[C@H]2C(C)C)ncc1Cc1ccc(C(C)(C)O)cc1. The van der Waals surface area contributed by atoms with Crippen LogP contribution in [0.2, 0.25) is 0 Å². The van der Waals surface area contributed by atoms with E-state index < -0.39 is 21.3 Å². The van der Waals surface area contributed by atoms with Crippen LogP contribution in [0.4, 0.5) is 16.0 Å². The van der Waals surface area contributed by atoms with Crippen LogP contribution in [0.3, 0.4) is 0 Å². The number of aryl methyl sites for hydroxylation is 1. The molecule has 1 saturated heterocycles. The number of nitrogens with zero attached hydrogens (tertiary/aromatic N) is 4. The molecule has 0 aliphatic carbocycles. The molecule has 1 aliphatic heterocycles. The summed E-state index contributed by atoms with van der Waals surface area (Å²) < 4.78 is 38.2. The average molecular weight is 541 g/mol. The smallest absolute Gasteiger partial charge is 0.225 e. The Balaban J connectivity index is 1.52. The van der Waals surface area contributed by atoms with Crippen molar-refractivity contribution in [1.29, 1.82) is 0 Å². The third-order valence-corrected chi connectivity index (χ3v) is 8.36. The second kappa shape index (κ2) is 10.6. The van der Waals surface area contributed by atoms with Crippen LogP contribution in [0.25, 0.3) is 0 Å². The first-order valence-electron chi connectivity index (χ1n) is 12.9. The Morgan fingerprint density at radius 2 is 1.82 bits per heavy atom. The maximum atomic E-state index is 14.2. The monoisotopic (exact) mass is 540 g/mol. The van der Waals surface area contributed by atoms with Crippen LogP contribution in [-0.2, 0) is 21.9 Å². The summed E-state index contributed by atoms with van der Waals surface area (Å²) in [5.41, 5.74) is 3.78. The summed E-state index contributed by atoms with van der Waals surface area (Å²) in [7, 11) is -3.66. The number of hydrogen-bond acceptors (Lipinski definition) is 7. The summed E-state index contributed by atoms with van der Waals surface area (Å²) in [5, 5.41) is 10.2. The van der Waals surface area contributed by atoms with E-state index in [1.54, 1.807) is 19.9 Å². The fourth-order valence-corrected chi connectivity index (χ4v) is 5.64. The number of sulfone groups is 1. The van der Waals surface area contributed by atoms with Crippen LogP contribution in [0.15, 0.2) is 53.6 Å². The Kier molecular flexibility index (Phi) is 7.81. The maximum absolute atomic E-state index is 14.2. The van der Waals surface area contributed by atoms with E-state index in [0.717, 1.165) is 28.6 Å². The molecule has 2 heterocycles. The molecule has 38 heavy (non-hydrogen) atoms. The van der Waals surface area contributed by atoms with Crippen molar-refractivity contribution in [3.63, 3.8) is 0 Å². The topological polar surface area (TPSA) is 86.6 Å². The Morgan fingerprint density at radius 3 is 2.39 bits per heavy atom. The molecular formula is C29H37FN4O3S. The third kappa shape index (κ3) is 6.15. The fourth-order valence-electron chi connectivity index (χ4n) is 4.88. The summed E-state index contributed by atoms with van der Waals surface area (Å²) in [4.78, 5) is 13.6. The van der Waals surface area contributed by atoms with Gasteiger partial charge in [0.15, 0.2) is 9.84 Å². The van der Waals surface area contributed by atoms with E-state index in [1.807, 2.05) is 37.4 Å². The molecule has 0 unspecified atom stereocenters. The van der Waals surface area contributed by atoms with Crippen LogP contribution >= 0.6 is 0 Å². The standard InChI is InChI=1S/C29H37FN4O3S/c1-19(2)26-18-33(24-11-12-25(30)27(16-24)38(6,36)37)13-14-34(26)28-31-17-22(20(3)32-28)15-21-7-9-23(10-8-21)29(4,5)35/h7-12,16-17,19,26,35H,13-15,18H2,1-6H3/t26-/m0/s1. The largest absolute Gasteiger partial charge is 0.386 e. The van der Waals surface area contributed by atoms with Crippen molar-refractivity contribution < 1.29 is 17.9 Å². The fraction of sp³-hybridized carbons (Fsp3) is 0.448. The van der Waals surface area contributed by atoms with Crippen molar-refractivity contribution in [2.24, 2.45) is 5.92 Å². The quantitative estimate of drug-likeness (QED) is 0.472. The van der Waals surface area contributed by atoms with Crippen molar-refractivity contribution in [3.8, 4) is 0 Å². The normalized spacial score (nSPS) is 16.8. The van der Waals surface area contributed by atoms with E-state index in [0.29, 0.717) is 37.7 Å². The molecule has 1 aliphatic rings. The molecule has 1 aromatic heterocycles. The van der Waals surface area contributed by atoms with Gasteiger partial charge in [0.1, 0.15) is 10.7 Å². The van der Waals surface area contributed by atoms with Gasteiger partial charge < -0.3 is 14.9 Å². The molecule has 1 N–H and O–H groups in total. The number of rotatable bonds is 7. The van der Waals surface area contributed by atoms with E-state index in [1.165, 1.54) is 12.1 Å². The molecule has 4 rings (SSSR count). The predicted octanol–water partition coefficient (Wildman–Crippen LogP) is 4.50. The zero-order valence-electron chi connectivity index (χ0n) is 22.9. The molecule has 9 heteroatoms. The molecule has 0 bridgehead atoms. The van der Waals surface area contributed by atoms with Crippen LogP contribution < -0.4 is 9.80 Å². The first-order chi connectivity index (χ1) is 17.7. The number of aliphatic hydroxyl groups is 1. The van der Waals surface area contributed by atoms with E-state index in [9.17, 15) is 17.9 Å². The van der Waals surface area contributed by atoms with Crippen molar-refractivity contribution in [2.45, 2.75) is 57.6 Å². The van der Waals surface area contributed by atoms with E-state index >= 15 is 0 Å². The minimum absolute atomic E-state index is 0.0927. The lowest BCUT2D eigenvalue weighted by Crippen LogP contribution is -2.56. The van der Waals surface area contributed by atoms with Gasteiger partial charge in [-0.15, -0.1) is 0 Å². The van der Waals surface area contributed by atoms with Crippen LogP contribution in [-0.4, -0.2) is 55.4 Å². The number of hydrogen-bond donors (Lipinski definition) is 1. The van der Waals surface area contributed by atoms with Crippen molar-refractivity contribution >= 4 is 21.5 Å². The highest BCUT2D eigenvalue weighted by Gasteiger charge is 2.32. The highest BCUT2D eigenvalue weighted by molar-refractivity contribution is 7.90. The number of anilines is 2. The minimum Gasteiger partial charge on any atom is -0.386 e. The summed E-state index contributed by atoms with van der Waals surface area (Å²) in [6.45, 7) is 11.8. The van der Waals surface area contributed by atoms with Crippen molar-refractivity contribution in [2.75, 3.05) is 35.7 Å². The second-order valence-corrected chi connectivity index (χ2v) is 13.0. The second-order valence-electron chi connectivity index (χ2n) is 11.1. The predicted molar refractivity (Wildman–Crippen MR) is 149 cm³/mol. The molecule has 3 aromatic rings. The zero-order chi connectivity index (χ0) is 27.8. The van der Waals surface area contributed by atoms with Gasteiger partial charge in [-0.2, -0.15) is 0 Å². The molecule has 7 nitrogen and oxygen atoms in total. The van der Waals surface area contributed by atoms with Gasteiger partial charge in [-0.25, -0.2) is 22.8 Å². The van der Waals surface area contributed by atoms with Crippen LogP contribution in [0.1, 0.15) is 50.1 Å². The lowest BCUT2D eigenvalue weighted by molar-refractivity contribution is 0.0786. The highest BCUT2D eigenvalue weighted by atomic mass is 32.2. The summed E-state index contributed by atoms with van der Waals surface area (Å²) in [6, 6.07) is 12.3. The molecule has 0 amide bonds. The van der Waals surface area contributed by atoms with Crippen molar-refractivity contribution in [3.05, 3.63) is 76.9 Å². The van der Waals surface area contributed by atoms with Gasteiger partial charge in [-0.1, -0.05) is 38.1 Å². The molecule has 204 valence electrons. The number of benzene rings is 2. The van der Waals surface area contributed by atoms with Gasteiger partial charge >= 0.3 is 0 Å². The highest BCUT2D eigenvalue weighted by Crippen LogP contribution is 2.29. The Labute approximate surface area is 225 Å². The number of halogens is 1. The molecule has 2 aromatic carbocycles. The number of aromatic nitrogens is 2. The van der Waals surface area contributed by atoms with Gasteiger partial charge in [-0.05, 0) is 61.6 Å². The van der Waals surface area contributed by atoms with Gasteiger partial charge in [0.05, 0.1) is 11.6 Å². The van der Waals surface area contributed by atoms with E-state index in [2.05, 4.69) is 23.6 Å². The van der Waals surface area contributed by atoms with Crippen LogP contribution in [0, 0.1) is 18.7 Å². The molecular weight excluding hydrogens is 503 g/mol. The lowest BCUT2D eigenvalue weighted by atomic mass is 9.96. The lowest BCUT2D eigenvalue weighted by Gasteiger charge is -2.44. The van der Waals surface area contributed by atoms with Gasteiger partial charge in [0.25, 0.3) is 0 Å². The summed E-state index contributed by atoms with van der Waals surface area (Å²) in [5.74, 6) is 0.232. The van der Waals surface area contributed by atoms with Crippen molar-refractivity contribution in [1.82, 2.24) is 9.97 Å². The van der Waals surface area contributed by atoms with Gasteiger partial charge in [0.2, 0.25) is 5.95 Å². The van der Waals surface area contributed by atoms with Gasteiger partial charge in [-0.3, -0.25) is 0 Å². The molecule has 0 saturated carbocycles. The maximum Gasteiger partial charge on any atom is 0.225 e. The Bertz CT molecular complexity index is 1400. The molecule has 0 radical (unpaired) electrons. The zero-order valence-corrected chi connectivity index (χ0v) is 23.8. The first-order valence-corrected chi connectivity index (χ1v) is 14.8. The first kappa shape index (κ1) is 28.0.